The Morgan fingerprint density at radius 3 is 2.73 bits per heavy atom. The van der Waals surface area contributed by atoms with Crippen molar-refractivity contribution in [2.45, 2.75) is 13.8 Å². The minimum absolute atomic E-state index is 0.0728. The molecule has 6 heteroatoms. The van der Waals surface area contributed by atoms with E-state index in [4.69, 9.17) is 16.3 Å². The van der Waals surface area contributed by atoms with E-state index in [2.05, 4.69) is 21.2 Å². The Balaban J connectivity index is 2.29. The third-order valence-electron chi connectivity index (χ3n) is 3.03. The maximum Gasteiger partial charge on any atom is 0.255 e. The van der Waals surface area contributed by atoms with Crippen LogP contribution in [0.4, 0.5) is 5.69 Å². The van der Waals surface area contributed by atoms with Gasteiger partial charge in [0.25, 0.3) is 5.91 Å². The number of carbonyl (C=O) groups excluding carboxylic acids is 1. The van der Waals surface area contributed by atoms with E-state index in [1.165, 1.54) is 12.1 Å². The molecule has 0 aliphatic heterocycles. The molecule has 0 aliphatic rings. The molecule has 0 atom stereocenters. The van der Waals surface area contributed by atoms with Crippen molar-refractivity contribution >= 4 is 39.1 Å². The van der Waals surface area contributed by atoms with Crippen molar-refractivity contribution in [2.75, 3.05) is 11.9 Å². The zero-order chi connectivity index (χ0) is 16.3. The molecule has 4 nitrogen and oxygen atoms in total. The zero-order valence-electron chi connectivity index (χ0n) is 12.1. The Kier molecular flexibility index (Phi) is 5.32. The van der Waals surface area contributed by atoms with Gasteiger partial charge in [-0.2, -0.15) is 0 Å². The number of phenols is 1. The van der Waals surface area contributed by atoms with Gasteiger partial charge in [0.2, 0.25) is 0 Å². The van der Waals surface area contributed by atoms with Gasteiger partial charge in [-0.25, -0.2) is 0 Å². The van der Waals surface area contributed by atoms with Crippen molar-refractivity contribution in [2.24, 2.45) is 0 Å². The van der Waals surface area contributed by atoms with Crippen LogP contribution in [0.5, 0.6) is 11.5 Å². The van der Waals surface area contributed by atoms with Crippen LogP contribution in [0.1, 0.15) is 22.8 Å². The summed E-state index contributed by atoms with van der Waals surface area (Å²) in [5, 5.41) is 12.7. The molecule has 1 amide bonds. The van der Waals surface area contributed by atoms with Crippen LogP contribution in [0, 0.1) is 6.92 Å². The minimum Gasteiger partial charge on any atom is -0.503 e. The predicted molar refractivity (Wildman–Crippen MR) is 91.1 cm³/mol. The highest BCUT2D eigenvalue weighted by Gasteiger charge is 2.15. The van der Waals surface area contributed by atoms with Crippen molar-refractivity contribution < 1.29 is 14.6 Å². The number of benzene rings is 2. The number of rotatable bonds is 4. The van der Waals surface area contributed by atoms with Crippen LogP contribution < -0.4 is 10.1 Å². The molecule has 0 saturated heterocycles. The Morgan fingerprint density at radius 1 is 1.36 bits per heavy atom. The Hall–Kier alpha value is -1.72. The third-order valence-corrected chi connectivity index (χ3v) is 3.81. The molecule has 2 N–H and O–H groups in total. The first-order valence-electron chi connectivity index (χ1n) is 6.65. The number of nitrogens with one attached hydrogen (secondary N) is 1. The highest BCUT2D eigenvalue weighted by Crippen LogP contribution is 2.35. The Morgan fingerprint density at radius 2 is 2.09 bits per heavy atom. The van der Waals surface area contributed by atoms with Gasteiger partial charge in [-0.05, 0) is 49.7 Å². The summed E-state index contributed by atoms with van der Waals surface area (Å²) < 4.78 is 6.22. The van der Waals surface area contributed by atoms with Crippen molar-refractivity contribution in [1.82, 2.24) is 0 Å². The van der Waals surface area contributed by atoms with E-state index in [1.54, 1.807) is 6.92 Å². The second kappa shape index (κ2) is 7.03. The van der Waals surface area contributed by atoms with E-state index < -0.39 is 0 Å². The zero-order valence-corrected chi connectivity index (χ0v) is 14.5. The summed E-state index contributed by atoms with van der Waals surface area (Å²) in [5.41, 5.74) is 1.95. The summed E-state index contributed by atoms with van der Waals surface area (Å²) in [4.78, 5) is 12.4. The lowest BCUT2D eigenvalue weighted by molar-refractivity contribution is 0.102. The van der Waals surface area contributed by atoms with Gasteiger partial charge in [0.05, 0.1) is 11.6 Å². The number of aryl methyl sites for hydroxylation is 1. The van der Waals surface area contributed by atoms with Gasteiger partial charge in [0, 0.05) is 15.7 Å². The average Bonchev–Trinajstić information content (AvgIpc) is 2.46. The van der Waals surface area contributed by atoms with Gasteiger partial charge in [-0.3, -0.25) is 4.79 Å². The van der Waals surface area contributed by atoms with Crippen molar-refractivity contribution in [1.29, 1.82) is 0 Å². The highest BCUT2D eigenvalue weighted by atomic mass is 79.9. The van der Waals surface area contributed by atoms with E-state index in [0.717, 1.165) is 10.0 Å². The first-order valence-corrected chi connectivity index (χ1v) is 7.82. The molecular formula is C16H15BrClNO3. The first kappa shape index (κ1) is 16.6. The molecule has 0 radical (unpaired) electrons. The van der Waals surface area contributed by atoms with Crippen LogP contribution in [0.25, 0.3) is 0 Å². The average molecular weight is 385 g/mol. The fourth-order valence-corrected chi connectivity index (χ4v) is 2.62. The largest absolute Gasteiger partial charge is 0.503 e. The van der Waals surface area contributed by atoms with E-state index in [0.29, 0.717) is 17.9 Å². The molecule has 22 heavy (non-hydrogen) atoms. The van der Waals surface area contributed by atoms with Gasteiger partial charge >= 0.3 is 0 Å². The number of halogens is 2. The summed E-state index contributed by atoms with van der Waals surface area (Å²) in [7, 11) is 0. The van der Waals surface area contributed by atoms with Gasteiger partial charge < -0.3 is 15.2 Å². The van der Waals surface area contributed by atoms with E-state index >= 15 is 0 Å². The molecule has 0 unspecified atom stereocenters. The fourth-order valence-electron chi connectivity index (χ4n) is 1.93. The van der Waals surface area contributed by atoms with Crippen molar-refractivity contribution in [3.05, 3.63) is 51.0 Å². The van der Waals surface area contributed by atoms with Crippen LogP contribution in [-0.4, -0.2) is 17.6 Å². The topological polar surface area (TPSA) is 58.6 Å². The van der Waals surface area contributed by atoms with Gasteiger partial charge in [0.1, 0.15) is 0 Å². The molecule has 0 heterocycles. The number of phenolic OH excluding ortho intramolecular Hbond substituents is 1. The number of amides is 1. The molecule has 2 aromatic rings. The monoisotopic (exact) mass is 383 g/mol. The van der Waals surface area contributed by atoms with Gasteiger partial charge in [-0.1, -0.05) is 27.5 Å². The fraction of sp³-hybridized carbons (Fsp3) is 0.188. The SMILES string of the molecule is CCOc1cc(C(=O)Nc2ccc(Br)cc2C)cc(Cl)c1O. The van der Waals surface area contributed by atoms with Crippen molar-refractivity contribution in [3.63, 3.8) is 0 Å². The maximum absolute atomic E-state index is 12.4. The quantitative estimate of drug-likeness (QED) is 0.798. The van der Waals surface area contributed by atoms with Crippen LogP contribution in [-0.2, 0) is 0 Å². The summed E-state index contributed by atoms with van der Waals surface area (Å²) in [5.74, 6) is -0.305. The standard InChI is InChI=1S/C16H15BrClNO3/c1-3-22-14-8-10(7-12(18)15(14)20)16(21)19-13-5-4-11(17)6-9(13)2/h4-8,20H,3H2,1-2H3,(H,19,21). The summed E-state index contributed by atoms with van der Waals surface area (Å²) in [6.45, 7) is 4.04. The minimum atomic E-state index is -0.326. The Labute approximate surface area is 142 Å². The Bertz CT molecular complexity index is 719. The summed E-state index contributed by atoms with van der Waals surface area (Å²) >= 11 is 9.31. The molecule has 0 spiro atoms. The van der Waals surface area contributed by atoms with E-state index in [1.807, 2.05) is 25.1 Å². The molecule has 0 fully saturated rings. The van der Waals surface area contributed by atoms with E-state index in [9.17, 15) is 9.90 Å². The molecule has 2 rings (SSSR count). The summed E-state index contributed by atoms with van der Waals surface area (Å²) in [6, 6.07) is 8.43. The van der Waals surface area contributed by atoms with E-state index in [-0.39, 0.29) is 22.4 Å². The lowest BCUT2D eigenvalue weighted by Gasteiger charge is -2.12. The molecular weight excluding hydrogens is 370 g/mol. The maximum atomic E-state index is 12.4. The molecule has 2 aromatic carbocycles. The number of hydrogen-bond donors (Lipinski definition) is 2. The number of anilines is 1. The molecule has 0 aliphatic carbocycles. The smallest absolute Gasteiger partial charge is 0.255 e. The first-order chi connectivity index (χ1) is 10.4. The number of hydrogen-bond acceptors (Lipinski definition) is 3. The van der Waals surface area contributed by atoms with Crippen LogP contribution in [0.3, 0.4) is 0 Å². The van der Waals surface area contributed by atoms with Crippen LogP contribution >= 0.6 is 27.5 Å². The highest BCUT2D eigenvalue weighted by molar-refractivity contribution is 9.10. The summed E-state index contributed by atoms with van der Waals surface area (Å²) in [6.07, 6.45) is 0. The van der Waals surface area contributed by atoms with Crippen LogP contribution in [0.2, 0.25) is 5.02 Å². The van der Waals surface area contributed by atoms with Crippen LogP contribution in [0.15, 0.2) is 34.8 Å². The lowest BCUT2D eigenvalue weighted by Crippen LogP contribution is -2.13. The van der Waals surface area contributed by atoms with Gasteiger partial charge in [-0.15, -0.1) is 0 Å². The van der Waals surface area contributed by atoms with Gasteiger partial charge in [0.15, 0.2) is 11.5 Å². The second-order valence-corrected chi connectivity index (χ2v) is 5.97. The number of aromatic hydroxyl groups is 1. The molecule has 0 saturated carbocycles. The molecule has 0 aromatic heterocycles. The number of ether oxygens (including phenoxy) is 1. The molecule has 116 valence electrons. The second-order valence-electron chi connectivity index (χ2n) is 4.65. The number of carbonyl (C=O) groups is 1. The molecule has 0 bridgehead atoms. The lowest BCUT2D eigenvalue weighted by atomic mass is 10.1. The predicted octanol–water partition coefficient (Wildman–Crippen LogP) is 4.77. The van der Waals surface area contributed by atoms with Crippen molar-refractivity contribution in [3.8, 4) is 11.5 Å². The normalized spacial score (nSPS) is 10.4. The third kappa shape index (κ3) is 3.72.